The zero-order valence-corrected chi connectivity index (χ0v) is 18.0. The zero-order valence-electron chi connectivity index (χ0n) is 17.2. The van der Waals surface area contributed by atoms with Crippen LogP contribution < -0.4 is 20.1 Å². The highest BCUT2D eigenvalue weighted by molar-refractivity contribution is 7.09. The number of nitrogens with one attached hydrogen (secondary N) is 2. The Morgan fingerprint density at radius 3 is 2.67 bits per heavy atom. The number of carbonyl (C=O) groups is 1. The maximum atomic E-state index is 12.9. The Bertz CT molecular complexity index is 829. The Kier molecular flexibility index (Phi) is 9.33. The number of benzene rings is 1. The molecule has 7 nitrogen and oxygen atoms in total. The number of guanidine groups is 1. The van der Waals surface area contributed by atoms with Crippen LogP contribution in [0.25, 0.3) is 0 Å². The molecule has 2 aromatic rings. The minimum atomic E-state index is -2.98. The Morgan fingerprint density at radius 1 is 1.23 bits per heavy atom. The lowest BCUT2D eigenvalue weighted by molar-refractivity contribution is -0.127. The number of likely N-dealkylation sites (N-methyl/N-ethyl adjacent to an activating group) is 1. The fourth-order valence-corrected chi connectivity index (χ4v) is 3.06. The second-order valence-electron chi connectivity index (χ2n) is 6.30. The molecular weight excluding hydrogens is 414 g/mol. The van der Waals surface area contributed by atoms with Crippen LogP contribution in [0.3, 0.4) is 0 Å². The van der Waals surface area contributed by atoms with Crippen molar-refractivity contribution in [2.24, 2.45) is 4.99 Å². The van der Waals surface area contributed by atoms with E-state index in [9.17, 15) is 13.6 Å². The standard InChI is InChI=1S/C20H26F2N4O3S/c1-4-28-16-9-5-7-14(18(16)29-19(21)22)11-23-20(25-13-17(27)26(2)3)24-12-15-8-6-10-30-15/h5-10,19H,4,11-13H2,1-3H3,(H2,23,24,25). The number of halogens is 2. The van der Waals surface area contributed by atoms with Gasteiger partial charge in [0.1, 0.15) is 0 Å². The second-order valence-corrected chi connectivity index (χ2v) is 7.33. The van der Waals surface area contributed by atoms with Gasteiger partial charge in [0.2, 0.25) is 5.91 Å². The zero-order chi connectivity index (χ0) is 21.9. The van der Waals surface area contributed by atoms with E-state index in [0.717, 1.165) is 4.88 Å². The number of rotatable bonds is 10. The average Bonchev–Trinajstić information content (AvgIpc) is 3.22. The van der Waals surface area contributed by atoms with Crippen LogP contribution in [0.4, 0.5) is 8.78 Å². The van der Waals surface area contributed by atoms with Crippen LogP contribution in [0.1, 0.15) is 17.4 Å². The number of aliphatic imine (C=N–C) groups is 1. The fraction of sp³-hybridized carbons (Fsp3) is 0.400. The smallest absolute Gasteiger partial charge is 0.387 e. The highest BCUT2D eigenvalue weighted by Gasteiger charge is 2.16. The second kappa shape index (κ2) is 12.0. The highest BCUT2D eigenvalue weighted by atomic mass is 32.1. The molecule has 0 radical (unpaired) electrons. The molecule has 1 amide bonds. The molecule has 2 N–H and O–H groups in total. The first-order valence-electron chi connectivity index (χ1n) is 9.35. The van der Waals surface area contributed by atoms with Crippen LogP contribution in [-0.2, 0) is 17.9 Å². The summed E-state index contributed by atoms with van der Waals surface area (Å²) in [5, 5.41) is 8.07. The van der Waals surface area contributed by atoms with E-state index in [1.807, 2.05) is 17.5 Å². The first kappa shape index (κ1) is 23.4. The molecule has 0 fully saturated rings. The van der Waals surface area contributed by atoms with E-state index in [2.05, 4.69) is 20.4 Å². The van der Waals surface area contributed by atoms with E-state index in [1.54, 1.807) is 50.6 Å². The van der Waals surface area contributed by atoms with Crippen LogP contribution in [0.2, 0.25) is 0 Å². The molecule has 0 spiro atoms. The molecule has 0 unspecified atom stereocenters. The molecule has 1 aromatic carbocycles. The Morgan fingerprint density at radius 2 is 2.03 bits per heavy atom. The summed E-state index contributed by atoms with van der Waals surface area (Å²) in [5.41, 5.74) is 0.442. The van der Waals surface area contributed by atoms with Crippen LogP contribution in [-0.4, -0.2) is 50.6 Å². The summed E-state index contributed by atoms with van der Waals surface area (Å²) < 4.78 is 35.9. The van der Waals surface area contributed by atoms with Crippen molar-refractivity contribution in [1.29, 1.82) is 0 Å². The van der Waals surface area contributed by atoms with Gasteiger partial charge in [0, 0.05) is 24.5 Å². The monoisotopic (exact) mass is 440 g/mol. The normalized spacial score (nSPS) is 11.3. The van der Waals surface area contributed by atoms with E-state index in [4.69, 9.17) is 4.74 Å². The summed E-state index contributed by atoms with van der Waals surface area (Å²) in [6, 6.07) is 8.81. The third-order valence-corrected chi connectivity index (χ3v) is 4.77. The van der Waals surface area contributed by atoms with E-state index >= 15 is 0 Å². The number of ether oxygens (including phenoxy) is 2. The molecule has 30 heavy (non-hydrogen) atoms. The van der Waals surface area contributed by atoms with E-state index in [-0.39, 0.29) is 30.5 Å². The van der Waals surface area contributed by atoms with Gasteiger partial charge in [-0.1, -0.05) is 18.2 Å². The summed E-state index contributed by atoms with van der Waals surface area (Å²) >= 11 is 1.59. The number of hydrogen-bond acceptors (Lipinski definition) is 5. The first-order chi connectivity index (χ1) is 14.4. The molecule has 1 aromatic heterocycles. The van der Waals surface area contributed by atoms with Crippen LogP contribution in [0.5, 0.6) is 11.5 Å². The van der Waals surface area contributed by atoms with Gasteiger partial charge in [-0.2, -0.15) is 8.78 Å². The number of amides is 1. The minimum Gasteiger partial charge on any atom is -0.490 e. The molecule has 1 heterocycles. The lowest BCUT2D eigenvalue weighted by atomic mass is 10.2. The molecule has 0 aliphatic rings. The number of nitrogens with zero attached hydrogens (tertiary/aromatic N) is 2. The molecule has 0 atom stereocenters. The van der Waals surface area contributed by atoms with Gasteiger partial charge in [0.15, 0.2) is 17.5 Å². The number of alkyl halides is 2. The van der Waals surface area contributed by atoms with Crippen molar-refractivity contribution >= 4 is 23.2 Å². The first-order valence-corrected chi connectivity index (χ1v) is 10.2. The SMILES string of the molecule is CCOc1cccc(CN=C(NCC(=O)N(C)C)NCc2cccs2)c1OC(F)F. The van der Waals surface area contributed by atoms with Crippen molar-refractivity contribution in [3.63, 3.8) is 0 Å². The molecular formula is C20H26F2N4O3S. The van der Waals surface area contributed by atoms with E-state index < -0.39 is 6.61 Å². The molecule has 0 bridgehead atoms. The van der Waals surface area contributed by atoms with Crippen molar-refractivity contribution < 1.29 is 23.0 Å². The predicted molar refractivity (Wildman–Crippen MR) is 113 cm³/mol. The Balaban J connectivity index is 2.19. The quantitative estimate of drug-likeness (QED) is 0.439. The van der Waals surface area contributed by atoms with Gasteiger partial charge in [-0.3, -0.25) is 4.79 Å². The van der Waals surface area contributed by atoms with Crippen LogP contribution in [0.15, 0.2) is 40.7 Å². The third kappa shape index (κ3) is 7.51. The lowest BCUT2D eigenvalue weighted by Crippen LogP contribution is -2.42. The fourth-order valence-electron chi connectivity index (χ4n) is 2.42. The van der Waals surface area contributed by atoms with Crippen LogP contribution >= 0.6 is 11.3 Å². The molecule has 0 saturated heterocycles. The van der Waals surface area contributed by atoms with Crippen molar-refractivity contribution in [2.75, 3.05) is 27.2 Å². The lowest BCUT2D eigenvalue weighted by Gasteiger charge is -2.16. The number of thiophene rings is 1. The Hall–Kier alpha value is -2.88. The summed E-state index contributed by atoms with van der Waals surface area (Å²) in [6.07, 6.45) is 0. The van der Waals surface area contributed by atoms with Gasteiger partial charge >= 0.3 is 6.61 Å². The molecule has 2 rings (SSSR count). The van der Waals surface area contributed by atoms with Gasteiger partial charge in [-0.25, -0.2) is 4.99 Å². The van der Waals surface area contributed by atoms with Gasteiger partial charge in [0.05, 0.1) is 26.2 Å². The predicted octanol–water partition coefficient (Wildman–Crippen LogP) is 3.07. The topological polar surface area (TPSA) is 75.2 Å². The van der Waals surface area contributed by atoms with Gasteiger partial charge in [-0.05, 0) is 24.4 Å². The van der Waals surface area contributed by atoms with Crippen molar-refractivity contribution in [2.45, 2.75) is 26.6 Å². The summed E-state index contributed by atoms with van der Waals surface area (Å²) in [7, 11) is 3.32. The Labute approximate surface area is 178 Å². The third-order valence-electron chi connectivity index (χ3n) is 3.89. The number of para-hydroxylation sites is 1. The van der Waals surface area contributed by atoms with Gasteiger partial charge in [0.25, 0.3) is 0 Å². The summed E-state index contributed by atoms with van der Waals surface area (Å²) in [4.78, 5) is 18.9. The maximum absolute atomic E-state index is 12.9. The van der Waals surface area contributed by atoms with Gasteiger partial charge in [-0.15, -0.1) is 11.3 Å². The maximum Gasteiger partial charge on any atom is 0.387 e. The van der Waals surface area contributed by atoms with E-state index in [0.29, 0.717) is 24.7 Å². The molecule has 164 valence electrons. The molecule has 0 saturated carbocycles. The number of hydrogen-bond donors (Lipinski definition) is 2. The summed E-state index contributed by atoms with van der Waals surface area (Å²) in [6.45, 7) is -0.300. The molecule has 10 heteroatoms. The largest absolute Gasteiger partial charge is 0.490 e. The van der Waals surface area contributed by atoms with Gasteiger partial charge < -0.3 is 25.0 Å². The molecule has 0 aliphatic carbocycles. The molecule has 0 aliphatic heterocycles. The van der Waals surface area contributed by atoms with Crippen molar-refractivity contribution in [3.05, 3.63) is 46.2 Å². The van der Waals surface area contributed by atoms with Crippen LogP contribution in [0, 0.1) is 0 Å². The average molecular weight is 441 g/mol. The van der Waals surface area contributed by atoms with E-state index in [1.165, 1.54) is 4.90 Å². The number of carbonyl (C=O) groups excluding carboxylic acids is 1. The summed E-state index contributed by atoms with van der Waals surface area (Å²) in [5.74, 6) is 0.443. The van der Waals surface area contributed by atoms with Crippen molar-refractivity contribution in [1.82, 2.24) is 15.5 Å². The highest BCUT2D eigenvalue weighted by Crippen LogP contribution is 2.33. The minimum absolute atomic E-state index is 0.0416. The van der Waals surface area contributed by atoms with Crippen molar-refractivity contribution in [3.8, 4) is 11.5 Å².